The van der Waals surface area contributed by atoms with Gasteiger partial charge in [0.1, 0.15) is 0 Å². The van der Waals surface area contributed by atoms with E-state index in [9.17, 15) is 9.59 Å². The number of anilines is 1. The summed E-state index contributed by atoms with van der Waals surface area (Å²) >= 11 is 1.57. The molecule has 3 rings (SSSR count). The number of carbonyl (C=O) groups excluding carboxylic acids is 2. The Labute approximate surface area is 216 Å². The number of thiazole rings is 1. The Morgan fingerprint density at radius 2 is 1.83 bits per heavy atom. The maximum absolute atomic E-state index is 12.1. The van der Waals surface area contributed by atoms with E-state index in [1.165, 1.54) is 0 Å². The van der Waals surface area contributed by atoms with Gasteiger partial charge in [-0.1, -0.05) is 24.3 Å². The summed E-state index contributed by atoms with van der Waals surface area (Å²) in [5.41, 5.74) is 2.82. The predicted octanol–water partition coefficient (Wildman–Crippen LogP) is 3.31. The van der Waals surface area contributed by atoms with Gasteiger partial charge < -0.3 is 20.2 Å². The molecule has 1 aliphatic rings. The van der Waals surface area contributed by atoms with Crippen molar-refractivity contribution in [2.75, 3.05) is 44.3 Å². The van der Waals surface area contributed by atoms with Crippen molar-refractivity contribution in [3.63, 3.8) is 0 Å². The maximum atomic E-state index is 12.1. The second kappa shape index (κ2) is 14.7. The van der Waals surface area contributed by atoms with Gasteiger partial charge in [0.05, 0.1) is 38.1 Å². The fourth-order valence-electron chi connectivity index (χ4n) is 4.01. The number of ether oxygens (including phenoxy) is 2. The highest BCUT2D eigenvalue weighted by atomic mass is 35.5. The van der Waals surface area contributed by atoms with Crippen LogP contribution in [0.1, 0.15) is 38.7 Å². The molecule has 1 aromatic carbocycles. The van der Waals surface area contributed by atoms with Crippen molar-refractivity contribution >= 4 is 47.0 Å². The zero-order valence-corrected chi connectivity index (χ0v) is 21.9. The van der Waals surface area contributed by atoms with Crippen LogP contribution < -0.4 is 10.7 Å². The van der Waals surface area contributed by atoms with Crippen LogP contribution in [0.5, 0.6) is 0 Å². The number of piperidine rings is 1. The standard InChI is InChI=1S/C24H33N5O4S.ClH/c1-3-32-22(30)11-14-29(20-9-12-28(13-10-20)16-23(31)33-4-2)24-27-21(17-34-24)19-7-5-18(6-8-19)15-26-25;/h5-8,15,17,20H,3-4,9-14,16,25H2,1-2H3;1H. The lowest BCUT2D eigenvalue weighted by Gasteiger charge is -2.38. The molecule has 0 atom stereocenters. The number of benzene rings is 1. The molecule has 2 N–H and O–H groups in total. The summed E-state index contributed by atoms with van der Waals surface area (Å²) < 4.78 is 10.2. The van der Waals surface area contributed by atoms with Gasteiger partial charge in [0.2, 0.25) is 0 Å². The first-order chi connectivity index (χ1) is 16.5. The van der Waals surface area contributed by atoms with Crippen LogP contribution in [-0.2, 0) is 19.1 Å². The first-order valence-electron chi connectivity index (χ1n) is 11.6. The Hall–Kier alpha value is -2.69. The summed E-state index contributed by atoms with van der Waals surface area (Å²) in [6, 6.07) is 8.11. The molecule has 35 heavy (non-hydrogen) atoms. The fraction of sp³-hybridized carbons (Fsp3) is 0.500. The smallest absolute Gasteiger partial charge is 0.320 e. The number of nitrogens with two attached hydrogens (primary N) is 1. The number of nitrogens with zero attached hydrogens (tertiary/aromatic N) is 4. The molecule has 192 valence electrons. The molecule has 0 aliphatic carbocycles. The minimum atomic E-state index is -0.207. The van der Waals surface area contributed by atoms with Crippen LogP contribution >= 0.6 is 23.7 Å². The Balaban J connectivity index is 0.00000432. The molecule has 2 heterocycles. The van der Waals surface area contributed by atoms with Gasteiger partial charge in [-0.25, -0.2) is 4.98 Å². The summed E-state index contributed by atoms with van der Waals surface area (Å²) in [5.74, 6) is 4.83. The third-order valence-electron chi connectivity index (χ3n) is 5.69. The van der Waals surface area contributed by atoms with Crippen molar-refractivity contribution < 1.29 is 19.1 Å². The summed E-state index contributed by atoms with van der Waals surface area (Å²) in [5, 5.41) is 6.47. The van der Waals surface area contributed by atoms with Crippen molar-refractivity contribution in [1.29, 1.82) is 0 Å². The Bertz CT molecular complexity index is 961. The largest absolute Gasteiger partial charge is 0.466 e. The van der Waals surface area contributed by atoms with Crippen LogP contribution in [0.4, 0.5) is 5.13 Å². The fourth-order valence-corrected chi connectivity index (χ4v) is 4.95. The molecule has 0 bridgehead atoms. The lowest BCUT2D eigenvalue weighted by atomic mass is 10.0. The van der Waals surface area contributed by atoms with Crippen molar-refractivity contribution in [2.45, 2.75) is 39.2 Å². The summed E-state index contributed by atoms with van der Waals surface area (Å²) in [6.07, 6.45) is 3.66. The third-order valence-corrected chi connectivity index (χ3v) is 6.56. The Morgan fingerprint density at radius 3 is 2.46 bits per heavy atom. The van der Waals surface area contributed by atoms with E-state index in [-0.39, 0.29) is 30.4 Å². The number of esters is 2. The molecule has 1 fully saturated rings. The van der Waals surface area contributed by atoms with Gasteiger partial charge in [-0.2, -0.15) is 5.10 Å². The molecule has 1 aliphatic heterocycles. The average molecular weight is 524 g/mol. The van der Waals surface area contributed by atoms with E-state index in [4.69, 9.17) is 20.3 Å². The maximum Gasteiger partial charge on any atom is 0.320 e. The highest BCUT2D eigenvalue weighted by molar-refractivity contribution is 7.14. The van der Waals surface area contributed by atoms with Crippen LogP contribution in [0, 0.1) is 0 Å². The monoisotopic (exact) mass is 523 g/mol. The van der Waals surface area contributed by atoms with Crippen LogP contribution in [0.15, 0.2) is 34.7 Å². The van der Waals surface area contributed by atoms with Gasteiger partial charge in [0.25, 0.3) is 0 Å². The lowest BCUT2D eigenvalue weighted by Crippen LogP contribution is -2.47. The first kappa shape index (κ1) is 28.5. The van der Waals surface area contributed by atoms with E-state index in [1.807, 2.05) is 43.5 Å². The number of carbonyl (C=O) groups is 2. The first-order valence-corrected chi connectivity index (χ1v) is 12.5. The van der Waals surface area contributed by atoms with Gasteiger partial charge in [0, 0.05) is 36.6 Å². The van der Waals surface area contributed by atoms with Gasteiger partial charge in [-0.3, -0.25) is 14.5 Å². The van der Waals surface area contributed by atoms with Crippen LogP contribution in [0.25, 0.3) is 11.3 Å². The van der Waals surface area contributed by atoms with Crippen molar-refractivity contribution in [3.05, 3.63) is 35.2 Å². The molecule has 0 unspecified atom stereocenters. The molecule has 2 aromatic rings. The van der Waals surface area contributed by atoms with Crippen molar-refractivity contribution in [2.24, 2.45) is 10.9 Å². The van der Waals surface area contributed by atoms with Crippen LogP contribution in [0.2, 0.25) is 0 Å². The average Bonchev–Trinajstić information content (AvgIpc) is 3.31. The van der Waals surface area contributed by atoms with Gasteiger partial charge in [-0.15, -0.1) is 23.7 Å². The van der Waals surface area contributed by atoms with Gasteiger partial charge in [0.15, 0.2) is 5.13 Å². The molecule has 0 amide bonds. The van der Waals surface area contributed by atoms with Crippen LogP contribution in [-0.4, -0.2) is 73.5 Å². The Kier molecular flexibility index (Phi) is 11.9. The lowest BCUT2D eigenvalue weighted by molar-refractivity contribution is -0.145. The quantitative estimate of drug-likeness (QED) is 0.207. The topological polar surface area (TPSA) is 110 Å². The van der Waals surface area contributed by atoms with Crippen molar-refractivity contribution in [1.82, 2.24) is 9.88 Å². The van der Waals surface area contributed by atoms with Gasteiger partial charge >= 0.3 is 11.9 Å². The number of hydrogen-bond acceptors (Lipinski definition) is 10. The zero-order chi connectivity index (χ0) is 24.3. The molecule has 1 saturated heterocycles. The summed E-state index contributed by atoms with van der Waals surface area (Å²) in [7, 11) is 0. The second-order valence-corrected chi connectivity index (χ2v) is 8.81. The number of hydrogen-bond donors (Lipinski definition) is 1. The highest BCUT2D eigenvalue weighted by Gasteiger charge is 2.28. The normalized spacial score (nSPS) is 14.5. The molecule has 0 saturated carbocycles. The molecule has 1 aromatic heterocycles. The number of rotatable bonds is 11. The number of halogens is 1. The molecule has 9 nitrogen and oxygen atoms in total. The van der Waals surface area contributed by atoms with E-state index < -0.39 is 0 Å². The molecular formula is C24H34ClN5O4S. The van der Waals surface area contributed by atoms with E-state index in [2.05, 4.69) is 14.9 Å². The van der Waals surface area contributed by atoms with E-state index in [1.54, 1.807) is 17.6 Å². The second-order valence-electron chi connectivity index (χ2n) is 7.98. The molecule has 0 spiro atoms. The van der Waals surface area contributed by atoms with Crippen molar-refractivity contribution in [3.8, 4) is 11.3 Å². The van der Waals surface area contributed by atoms with E-state index in [0.29, 0.717) is 32.7 Å². The number of hydrazone groups is 1. The Morgan fingerprint density at radius 1 is 1.17 bits per heavy atom. The predicted molar refractivity (Wildman–Crippen MR) is 141 cm³/mol. The number of likely N-dealkylation sites (tertiary alicyclic amines) is 1. The minimum Gasteiger partial charge on any atom is -0.466 e. The molecule has 0 radical (unpaired) electrons. The zero-order valence-electron chi connectivity index (χ0n) is 20.2. The van der Waals surface area contributed by atoms with Gasteiger partial charge in [-0.05, 0) is 32.3 Å². The molecular weight excluding hydrogens is 490 g/mol. The SMILES string of the molecule is CCOC(=O)CCN(c1nc(-c2ccc(C=NN)cc2)cs1)C1CCN(CC(=O)OCC)CC1.Cl. The number of aromatic nitrogens is 1. The highest BCUT2D eigenvalue weighted by Crippen LogP contribution is 2.31. The van der Waals surface area contributed by atoms with Crippen LogP contribution in [0.3, 0.4) is 0 Å². The molecule has 11 heteroatoms. The summed E-state index contributed by atoms with van der Waals surface area (Å²) in [6.45, 7) is 6.84. The van der Waals surface area contributed by atoms with E-state index >= 15 is 0 Å². The van der Waals surface area contributed by atoms with E-state index in [0.717, 1.165) is 47.9 Å². The minimum absolute atomic E-state index is 0. The summed E-state index contributed by atoms with van der Waals surface area (Å²) in [4.78, 5) is 33.1. The third kappa shape index (κ3) is 8.48.